The Hall–Kier alpha value is -1.86. The van der Waals surface area contributed by atoms with Gasteiger partial charge in [-0.15, -0.1) is 0 Å². The average Bonchev–Trinajstić information content (AvgIpc) is 3.03. The number of carboxylic acid groups (broad SMARTS) is 1. The zero-order valence-corrected chi connectivity index (χ0v) is 20.0. The molecule has 4 N–H and O–H groups in total. The van der Waals surface area contributed by atoms with E-state index in [2.05, 4.69) is 6.92 Å². The highest BCUT2D eigenvalue weighted by molar-refractivity contribution is 6.30. The van der Waals surface area contributed by atoms with Crippen LogP contribution in [0.5, 0.6) is 5.75 Å². The summed E-state index contributed by atoms with van der Waals surface area (Å²) < 4.78 is 5.73. The number of aliphatic hydroxyl groups excluding tert-OH is 3. The highest BCUT2D eigenvalue weighted by Gasteiger charge is 2.39. The lowest BCUT2D eigenvalue weighted by Crippen LogP contribution is -2.21. The molecule has 0 unspecified atom stereocenters. The third kappa shape index (κ3) is 9.88. The molecule has 2 rings (SSSR count). The Kier molecular flexibility index (Phi) is 12.0. The van der Waals surface area contributed by atoms with Crippen LogP contribution in [-0.4, -0.2) is 51.3 Å². The second-order valence-electron chi connectivity index (χ2n) is 8.77. The summed E-state index contributed by atoms with van der Waals surface area (Å²) in [5.41, 5.74) is 1.10. The number of halogens is 1. The average molecular weight is 481 g/mol. The van der Waals surface area contributed by atoms with Crippen molar-refractivity contribution in [2.45, 2.75) is 76.6 Å². The predicted molar refractivity (Wildman–Crippen MR) is 130 cm³/mol. The van der Waals surface area contributed by atoms with Crippen molar-refractivity contribution in [3.8, 4) is 5.75 Å². The SMILES string of the molecule is CCCCc1cc(Cl)cc(OC[C@H](O)/C=C/[C@@H]2[C@@H](C/C=C\CCCC(=O)O)[C@@H](O)C[C@H]2O)c1. The van der Waals surface area contributed by atoms with Crippen LogP contribution in [0.3, 0.4) is 0 Å². The molecule has 0 saturated heterocycles. The molecule has 0 spiro atoms. The molecule has 1 aromatic carbocycles. The fourth-order valence-electron chi connectivity index (χ4n) is 4.17. The van der Waals surface area contributed by atoms with E-state index in [-0.39, 0.29) is 24.9 Å². The zero-order valence-electron chi connectivity index (χ0n) is 19.3. The number of allylic oxidation sites excluding steroid dienone is 2. The Bertz CT molecular complexity index is 793. The first-order valence-electron chi connectivity index (χ1n) is 11.8. The maximum absolute atomic E-state index is 10.6. The Balaban J connectivity index is 1.87. The molecular weight excluding hydrogens is 444 g/mol. The number of unbranched alkanes of at least 4 members (excludes halogenated alkanes) is 2. The fourth-order valence-corrected chi connectivity index (χ4v) is 4.42. The second-order valence-corrected chi connectivity index (χ2v) is 9.20. The topological polar surface area (TPSA) is 107 Å². The molecule has 0 amide bonds. The number of carbonyl (C=O) groups is 1. The van der Waals surface area contributed by atoms with Gasteiger partial charge in [0.25, 0.3) is 0 Å². The lowest BCUT2D eigenvalue weighted by Gasteiger charge is -2.19. The summed E-state index contributed by atoms with van der Waals surface area (Å²) in [7, 11) is 0. The monoisotopic (exact) mass is 480 g/mol. The molecule has 1 aliphatic rings. The minimum absolute atomic E-state index is 0.0591. The number of aryl methyl sites for hydroxylation is 1. The van der Waals surface area contributed by atoms with Gasteiger partial charge in [0.05, 0.1) is 12.2 Å². The van der Waals surface area contributed by atoms with Gasteiger partial charge < -0.3 is 25.2 Å². The number of hydrogen-bond acceptors (Lipinski definition) is 5. The van der Waals surface area contributed by atoms with Crippen molar-refractivity contribution < 1.29 is 30.0 Å². The predicted octanol–water partition coefficient (Wildman–Crippen LogP) is 4.54. The van der Waals surface area contributed by atoms with Crippen LogP contribution in [0.4, 0.5) is 0 Å². The summed E-state index contributed by atoms with van der Waals surface area (Å²) >= 11 is 6.18. The lowest BCUT2D eigenvalue weighted by atomic mass is 9.89. The van der Waals surface area contributed by atoms with Gasteiger partial charge in [0.1, 0.15) is 18.5 Å². The van der Waals surface area contributed by atoms with Gasteiger partial charge in [-0.05, 0) is 61.8 Å². The van der Waals surface area contributed by atoms with E-state index in [4.69, 9.17) is 21.4 Å². The van der Waals surface area contributed by atoms with Gasteiger partial charge in [0.2, 0.25) is 0 Å². The number of benzene rings is 1. The first kappa shape index (κ1) is 27.4. The fraction of sp³-hybridized carbons (Fsp3) is 0.577. The molecule has 0 heterocycles. The Labute approximate surface area is 201 Å². The molecule has 1 saturated carbocycles. The van der Waals surface area contributed by atoms with E-state index in [0.717, 1.165) is 24.8 Å². The van der Waals surface area contributed by atoms with Crippen LogP contribution >= 0.6 is 11.6 Å². The van der Waals surface area contributed by atoms with Gasteiger partial charge in [-0.3, -0.25) is 4.79 Å². The summed E-state index contributed by atoms with van der Waals surface area (Å²) in [5, 5.41) is 40.3. The van der Waals surface area contributed by atoms with Crippen molar-refractivity contribution >= 4 is 17.6 Å². The van der Waals surface area contributed by atoms with E-state index in [1.165, 1.54) is 0 Å². The van der Waals surface area contributed by atoms with E-state index in [9.17, 15) is 20.1 Å². The van der Waals surface area contributed by atoms with Crippen molar-refractivity contribution in [3.05, 3.63) is 53.1 Å². The lowest BCUT2D eigenvalue weighted by molar-refractivity contribution is -0.137. The highest BCUT2D eigenvalue weighted by atomic mass is 35.5. The quantitative estimate of drug-likeness (QED) is 0.230. The number of rotatable bonds is 14. The van der Waals surface area contributed by atoms with Crippen molar-refractivity contribution in [2.75, 3.05) is 6.61 Å². The van der Waals surface area contributed by atoms with Gasteiger partial charge in [-0.25, -0.2) is 0 Å². The third-order valence-electron chi connectivity index (χ3n) is 5.98. The molecule has 1 fully saturated rings. The summed E-state index contributed by atoms with van der Waals surface area (Å²) in [5.74, 6) is -0.625. The van der Waals surface area contributed by atoms with Crippen LogP contribution in [0.1, 0.15) is 57.4 Å². The van der Waals surface area contributed by atoms with Crippen LogP contribution in [-0.2, 0) is 11.2 Å². The van der Waals surface area contributed by atoms with E-state index in [0.29, 0.717) is 36.5 Å². The molecule has 33 heavy (non-hydrogen) atoms. The van der Waals surface area contributed by atoms with Crippen molar-refractivity contribution in [2.24, 2.45) is 11.8 Å². The molecule has 1 aromatic rings. The molecule has 1 aliphatic carbocycles. The van der Waals surface area contributed by atoms with Gasteiger partial charge in [-0.1, -0.05) is 49.2 Å². The molecule has 0 aromatic heterocycles. The van der Waals surface area contributed by atoms with Crippen LogP contribution in [0.25, 0.3) is 0 Å². The second kappa shape index (κ2) is 14.4. The van der Waals surface area contributed by atoms with Crippen molar-refractivity contribution in [1.82, 2.24) is 0 Å². The molecule has 0 radical (unpaired) electrons. The number of hydrogen-bond donors (Lipinski definition) is 4. The van der Waals surface area contributed by atoms with Gasteiger partial charge in [-0.2, -0.15) is 0 Å². The number of aliphatic hydroxyl groups is 3. The molecule has 0 bridgehead atoms. The summed E-state index contributed by atoms with van der Waals surface area (Å²) in [4.78, 5) is 10.6. The van der Waals surface area contributed by atoms with Gasteiger partial charge >= 0.3 is 5.97 Å². The Morgan fingerprint density at radius 3 is 2.73 bits per heavy atom. The summed E-state index contributed by atoms with van der Waals surface area (Å²) in [6.45, 7) is 2.19. The third-order valence-corrected chi connectivity index (χ3v) is 6.20. The molecule has 184 valence electrons. The zero-order chi connectivity index (χ0) is 24.2. The smallest absolute Gasteiger partial charge is 0.303 e. The highest BCUT2D eigenvalue weighted by Crippen LogP contribution is 2.36. The molecule has 7 heteroatoms. The molecule has 0 aliphatic heterocycles. The first-order valence-corrected chi connectivity index (χ1v) is 12.2. The summed E-state index contributed by atoms with van der Waals surface area (Å²) in [6, 6.07) is 5.59. The summed E-state index contributed by atoms with van der Waals surface area (Å²) in [6.07, 6.45) is 10.4. The largest absolute Gasteiger partial charge is 0.490 e. The Morgan fingerprint density at radius 2 is 2.00 bits per heavy atom. The van der Waals surface area contributed by atoms with Gasteiger partial charge in [0, 0.05) is 23.8 Å². The van der Waals surface area contributed by atoms with E-state index in [1.807, 2.05) is 24.3 Å². The van der Waals surface area contributed by atoms with Gasteiger partial charge in [0.15, 0.2) is 0 Å². The normalized spacial score (nSPS) is 24.0. The van der Waals surface area contributed by atoms with Crippen LogP contribution in [0.2, 0.25) is 5.02 Å². The van der Waals surface area contributed by atoms with Crippen molar-refractivity contribution in [1.29, 1.82) is 0 Å². The van der Waals surface area contributed by atoms with Crippen LogP contribution in [0, 0.1) is 11.8 Å². The van der Waals surface area contributed by atoms with Crippen LogP contribution in [0.15, 0.2) is 42.5 Å². The molecule has 6 nitrogen and oxygen atoms in total. The van der Waals surface area contributed by atoms with Crippen molar-refractivity contribution in [3.63, 3.8) is 0 Å². The molecule has 5 atom stereocenters. The maximum atomic E-state index is 10.6. The first-order chi connectivity index (χ1) is 15.8. The number of aliphatic carboxylic acids is 1. The molecular formula is C26H37ClO6. The van der Waals surface area contributed by atoms with Crippen LogP contribution < -0.4 is 4.74 Å². The van der Waals surface area contributed by atoms with E-state index in [1.54, 1.807) is 18.2 Å². The van der Waals surface area contributed by atoms with E-state index >= 15 is 0 Å². The van der Waals surface area contributed by atoms with E-state index < -0.39 is 24.3 Å². The number of carboxylic acids is 1. The number of ether oxygens (including phenoxy) is 1. The maximum Gasteiger partial charge on any atom is 0.303 e. The minimum atomic E-state index is -0.861. The Morgan fingerprint density at radius 1 is 1.21 bits per heavy atom. The standard InChI is InChI=1S/C26H37ClO6/c1-2-3-8-18-13-19(27)15-21(14-18)33-17-20(28)11-12-23-22(24(29)16-25(23)30)9-6-4-5-7-10-26(31)32/h4,6,11-15,20,22-25,28-30H,2-3,5,7-10,16-17H2,1H3,(H,31,32)/b6-4-,12-11+/t20-,22-,23-,24+,25-/m1/s1. The minimum Gasteiger partial charge on any atom is -0.490 e.